The average molecular weight is 413 g/mol. The van der Waals surface area contributed by atoms with Crippen LogP contribution in [0.2, 0.25) is 5.28 Å². The first-order valence-corrected chi connectivity index (χ1v) is 10.2. The lowest BCUT2D eigenvalue weighted by molar-refractivity contribution is 0.263. The molecule has 3 aromatic rings. The Kier molecular flexibility index (Phi) is 6.02. The third-order valence-corrected chi connectivity index (χ3v) is 5.42. The zero-order chi connectivity index (χ0) is 20.2. The molecule has 1 aromatic heterocycles. The normalized spacial score (nSPS) is 15.4. The van der Waals surface area contributed by atoms with Gasteiger partial charge >= 0.3 is 0 Å². The maximum Gasteiger partial charge on any atom is 0.224 e. The molecule has 1 fully saturated rings. The molecule has 2 aromatic carbocycles. The molecule has 2 heterocycles. The lowest BCUT2D eigenvalue weighted by atomic mass is 10.1. The van der Waals surface area contributed by atoms with Gasteiger partial charge in [-0.25, -0.2) is 9.97 Å². The Morgan fingerprint density at radius 1 is 1.10 bits per heavy atom. The monoisotopic (exact) mass is 412 g/mol. The quantitative estimate of drug-likeness (QED) is 0.606. The Balaban J connectivity index is 1.62. The highest BCUT2D eigenvalue weighted by Crippen LogP contribution is 2.35. The molecule has 152 valence electrons. The van der Waals surface area contributed by atoms with Gasteiger partial charge < -0.3 is 19.7 Å². The predicted octanol–water partition coefficient (Wildman–Crippen LogP) is 4.38. The number of likely N-dealkylation sites (tertiary alicyclic amines) is 1. The van der Waals surface area contributed by atoms with E-state index in [9.17, 15) is 0 Å². The number of fused-ring (bicyclic) bond motifs is 1. The van der Waals surface area contributed by atoms with Crippen LogP contribution in [0.1, 0.15) is 18.4 Å². The van der Waals surface area contributed by atoms with Gasteiger partial charge in [-0.05, 0) is 56.2 Å². The number of hydrogen-bond donors (Lipinski definition) is 1. The molecule has 7 heteroatoms. The van der Waals surface area contributed by atoms with E-state index in [0.29, 0.717) is 24.1 Å². The van der Waals surface area contributed by atoms with Gasteiger partial charge in [-0.3, -0.25) is 0 Å². The molecular weight excluding hydrogens is 388 g/mol. The number of ether oxygens (including phenoxy) is 2. The number of piperidine rings is 1. The number of rotatable bonds is 6. The van der Waals surface area contributed by atoms with Crippen LogP contribution in [0.5, 0.6) is 11.5 Å². The molecule has 6 nitrogen and oxygen atoms in total. The van der Waals surface area contributed by atoms with Gasteiger partial charge in [0.05, 0.1) is 12.6 Å². The van der Waals surface area contributed by atoms with Crippen LogP contribution < -0.4 is 14.8 Å². The maximum absolute atomic E-state index is 6.22. The molecule has 0 saturated carbocycles. The van der Waals surface area contributed by atoms with Crippen molar-refractivity contribution in [3.8, 4) is 11.5 Å². The molecular formula is C22H25ClN4O2. The van der Waals surface area contributed by atoms with Crippen molar-refractivity contribution in [2.45, 2.75) is 25.5 Å². The summed E-state index contributed by atoms with van der Waals surface area (Å²) in [7, 11) is 3.78. The van der Waals surface area contributed by atoms with E-state index >= 15 is 0 Å². The molecule has 1 saturated heterocycles. The molecule has 0 unspecified atom stereocenters. The number of anilines is 1. The van der Waals surface area contributed by atoms with Crippen LogP contribution in [0, 0.1) is 0 Å². The summed E-state index contributed by atoms with van der Waals surface area (Å²) >= 11 is 6.22. The first kappa shape index (κ1) is 19.7. The Hall–Kier alpha value is -2.57. The Bertz CT molecular complexity index is 975. The average Bonchev–Trinajstić information content (AvgIpc) is 2.74. The van der Waals surface area contributed by atoms with E-state index in [-0.39, 0.29) is 5.28 Å². The summed E-state index contributed by atoms with van der Waals surface area (Å²) in [6, 6.07) is 14.2. The van der Waals surface area contributed by atoms with Crippen molar-refractivity contribution in [2.24, 2.45) is 0 Å². The van der Waals surface area contributed by atoms with Gasteiger partial charge in [-0.2, -0.15) is 0 Å². The highest BCUT2D eigenvalue weighted by atomic mass is 35.5. The van der Waals surface area contributed by atoms with Gasteiger partial charge in [0.1, 0.15) is 12.4 Å². The Morgan fingerprint density at radius 2 is 1.86 bits per heavy atom. The number of hydrogen-bond acceptors (Lipinski definition) is 6. The first-order valence-electron chi connectivity index (χ1n) is 9.79. The van der Waals surface area contributed by atoms with Crippen molar-refractivity contribution in [1.82, 2.24) is 14.9 Å². The summed E-state index contributed by atoms with van der Waals surface area (Å²) in [5.41, 5.74) is 1.81. The minimum Gasteiger partial charge on any atom is -0.493 e. The third-order valence-electron chi connectivity index (χ3n) is 5.25. The van der Waals surface area contributed by atoms with Crippen molar-refractivity contribution >= 4 is 28.3 Å². The van der Waals surface area contributed by atoms with E-state index in [2.05, 4.69) is 27.2 Å². The standard InChI is InChI=1S/C22H25ClN4O2/c1-27-10-8-16(9-11-27)24-21-17-12-19(28-2)20(13-18(17)25-22(23)26-21)29-14-15-6-4-3-5-7-15/h3-7,12-13,16H,8-11,14H2,1-2H3,(H,24,25,26). The highest BCUT2D eigenvalue weighted by Gasteiger charge is 2.19. The van der Waals surface area contributed by atoms with Crippen LogP contribution in [-0.4, -0.2) is 48.2 Å². The smallest absolute Gasteiger partial charge is 0.224 e. The molecule has 4 rings (SSSR count). The second-order valence-electron chi connectivity index (χ2n) is 7.36. The zero-order valence-corrected chi connectivity index (χ0v) is 17.4. The van der Waals surface area contributed by atoms with Crippen molar-refractivity contribution in [3.63, 3.8) is 0 Å². The van der Waals surface area contributed by atoms with Crippen molar-refractivity contribution in [2.75, 3.05) is 32.6 Å². The fourth-order valence-corrected chi connectivity index (χ4v) is 3.75. The SMILES string of the molecule is COc1cc2c(NC3CCN(C)CC3)nc(Cl)nc2cc1OCc1ccccc1. The number of aromatic nitrogens is 2. The summed E-state index contributed by atoms with van der Waals surface area (Å²) in [4.78, 5) is 11.2. The molecule has 0 amide bonds. The lowest BCUT2D eigenvalue weighted by Crippen LogP contribution is -2.36. The molecule has 0 atom stereocenters. The van der Waals surface area contributed by atoms with Gasteiger partial charge in [0, 0.05) is 17.5 Å². The van der Waals surface area contributed by atoms with E-state index in [4.69, 9.17) is 21.1 Å². The third kappa shape index (κ3) is 4.71. The number of halogens is 1. The second-order valence-corrected chi connectivity index (χ2v) is 7.70. The first-order chi connectivity index (χ1) is 14.1. The fourth-order valence-electron chi connectivity index (χ4n) is 3.57. The molecule has 0 radical (unpaired) electrons. The molecule has 0 spiro atoms. The molecule has 29 heavy (non-hydrogen) atoms. The molecule has 1 N–H and O–H groups in total. The van der Waals surface area contributed by atoms with Gasteiger partial charge in [-0.1, -0.05) is 30.3 Å². The molecule has 1 aliphatic heterocycles. The number of nitrogens with zero attached hydrogens (tertiary/aromatic N) is 3. The van der Waals surface area contributed by atoms with Crippen LogP contribution in [0.15, 0.2) is 42.5 Å². The van der Waals surface area contributed by atoms with Crippen molar-refractivity contribution in [3.05, 3.63) is 53.3 Å². The zero-order valence-electron chi connectivity index (χ0n) is 16.7. The molecule has 0 aliphatic carbocycles. The van der Waals surface area contributed by atoms with Gasteiger partial charge in [0.25, 0.3) is 0 Å². The molecule has 1 aliphatic rings. The lowest BCUT2D eigenvalue weighted by Gasteiger charge is -2.30. The summed E-state index contributed by atoms with van der Waals surface area (Å²) in [6.07, 6.45) is 2.13. The largest absolute Gasteiger partial charge is 0.493 e. The van der Waals surface area contributed by atoms with E-state index < -0.39 is 0 Å². The van der Waals surface area contributed by atoms with Crippen molar-refractivity contribution < 1.29 is 9.47 Å². The molecule has 0 bridgehead atoms. The number of methoxy groups -OCH3 is 1. The van der Waals surface area contributed by atoms with E-state index in [1.807, 2.05) is 42.5 Å². The minimum atomic E-state index is 0.215. The summed E-state index contributed by atoms with van der Waals surface area (Å²) in [6.45, 7) is 2.58. The van der Waals surface area contributed by atoms with Crippen molar-refractivity contribution in [1.29, 1.82) is 0 Å². The Labute approximate surface area is 175 Å². The van der Waals surface area contributed by atoms with Gasteiger partial charge in [0.15, 0.2) is 11.5 Å². The van der Waals surface area contributed by atoms with Crippen LogP contribution in [-0.2, 0) is 6.61 Å². The number of nitrogens with one attached hydrogen (secondary N) is 1. The van der Waals surface area contributed by atoms with Gasteiger partial charge in [-0.15, -0.1) is 0 Å². The van der Waals surface area contributed by atoms with E-state index in [0.717, 1.165) is 48.2 Å². The van der Waals surface area contributed by atoms with Crippen LogP contribution in [0.25, 0.3) is 10.9 Å². The van der Waals surface area contributed by atoms with Crippen LogP contribution in [0.3, 0.4) is 0 Å². The topological polar surface area (TPSA) is 59.5 Å². The maximum atomic E-state index is 6.22. The summed E-state index contributed by atoms with van der Waals surface area (Å²) in [5.74, 6) is 2.01. The van der Waals surface area contributed by atoms with Gasteiger partial charge in [0.2, 0.25) is 5.28 Å². The highest BCUT2D eigenvalue weighted by molar-refractivity contribution is 6.28. The summed E-state index contributed by atoms with van der Waals surface area (Å²) in [5, 5.41) is 4.64. The van der Waals surface area contributed by atoms with Crippen LogP contribution >= 0.6 is 11.6 Å². The predicted molar refractivity (Wildman–Crippen MR) is 116 cm³/mol. The van der Waals surface area contributed by atoms with E-state index in [1.165, 1.54) is 0 Å². The second kappa shape index (κ2) is 8.84. The van der Waals surface area contributed by atoms with E-state index in [1.54, 1.807) is 7.11 Å². The Morgan fingerprint density at radius 3 is 2.59 bits per heavy atom. The number of benzene rings is 2. The summed E-state index contributed by atoms with van der Waals surface area (Å²) < 4.78 is 11.6. The fraction of sp³-hybridized carbons (Fsp3) is 0.364. The van der Waals surface area contributed by atoms with Crippen LogP contribution in [0.4, 0.5) is 5.82 Å². The minimum absolute atomic E-state index is 0.215.